The van der Waals surface area contributed by atoms with Gasteiger partial charge in [0.05, 0.1) is 34.5 Å². The maximum atomic E-state index is 14.5. The molecule has 0 aliphatic carbocycles. The molecule has 6 rings (SSSR count). The number of fused-ring (bicyclic) bond motifs is 4. The van der Waals surface area contributed by atoms with Gasteiger partial charge in [-0.2, -0.15) is 10.2 Å². The Hall–Kier alpha value is -4.04. The molecule has 0 aliphatic rings. The summed E-state index contributed by atoms with van der Waals surface area (Å²) in [6.07, 6.45) is 3.32. The first-order valence-corrected chi connectivity index (χ1v) is 10.5. The third-order valence-corrected chi connectivity index (χ3v) is 5.99. The number of nitrogens with zero attached hydrogens (tertiary/aromatic N) is 4. The summed E-state index contributed by atoms with van der Waals surface area (Å²) in [5, 5.41) is 13.1. The second-order valence-electron chi connectivity index (χ2n) is 7.75. The van der Waals surface area contributed by atoms with Crippen molar-refractivity contribution in [2.75, 3.05) is 0 Å². The molecule has 33 heavy (non-hydrogen) atoms. The number of benzene rings is 3. The summed E-state index contributed by atoms with van der Waals surface area (Å²) >= 11 is 6.11. The van der Waals surface area contributed by atoms with Crippen LogP contribution in [-0.4, -0.2) is 24.5 Å². The average molecular weight is 462 g/mol. The van der Waals surface area contributed by atoms with E-state index in [0.717, 1.165) is 16.5 Å². The molecule has 6 aromatic rings. The molecule has 0 amide bonds. The Kier molecular flexibility index (Phi) is 4.31. The van der Waals surface area contributed by atoms with Crippen LogP contribution in [0.4, 0.5) is 8.78 Å². The van der Waals surface area contributed by atoms with Gasteiger partial charge >= 0.3 is 0 Å². The zero-order valence-electron chi connectivity index (χ0n) is 16.9. The van der Waals surface area contributed by atoms with Crippen molar-refractivity contribution in [2.24, 2.45) is 0 Å². The molecule has 0 spiro atoms. The summed E-state index contributed by atoms with van der Waals surface area (Å²) in [6.45, 7) is 0.323. The van der Waals surface area contributed by atoms with Crippen molar-refractivity contribution >= 4 is 44.3 Å². The minimum atomic E-state index is -0.594. The highest BCUT2D eigenvalue weighted by Crippen LogP contribution is 2.31. The number of nitrogens with one attached hydrogen (secondary N) is 1. The van der Waals surface area contributed by atoms with E-state index in [1.807, 2.05) is 6.07 Å². The number of hydrogen-bond acceptors (Lipinski definition) is 3. The van der Waals surface area contributed by atoms with Crippen LogP contribution in [0, 0.1) is 11.6 Å². The lowest BCUT2D eigenvalue weighted by Gasteiger charge is -2.12. The van der Waals surface area contributed by atoms with Crippen LogP contribution >= 0.6 is 11.6 Å². The van der Waals surface area contributed by atoms with E-state index in [1.165, 1.54) is 28.8 Å². The van der Waals surface area contributed by atoms with E-state index in [-0.39, 0.29) is 21.9 Å². The molecule has 0 bridgehead atoms. The van der Waals surface area contributed by atoms with Gasteiger partial charge in [0.1, 0.15) is 11.6 Å². The monoisotopic (exact) mass is 461 g/mol. The van der Waals surface area contributed by atoms with Crippen LogP contribution in [-0.2, 0) is 6.54 Å². The molecule has 0 saturated carbocycles. The lowest BCUT2D eigenvalue weighted by molar-refractivity contribution is 0.624. The Morgan fingerprint density at radius 2 is 1.82 bits per heavy atom. The fourth-order valence-electron chi connectivity index (χ4n) is 4.17. The molecular weight excluding hydrogens is 448 g/mol. The number of H-pyrrole nitrogens is 1. The SMILES string of the molecule is O=c1c2nn(Cc3ccc(F)cc3)cc2c2cc(F)c(Cl)cc2n1-c1cccc2[nH]ncc12. The van der Waals surface area contributed by atoms with Gasteiger partial charge in [-0.1, -0.05) is 29.8 Å². The number of halogens is 3. The van der Waals surface area contributed by atoms with Gasteiger partial charge in [0, 0.05) is 22.4 Å². The molecule has 3 aromatic carbocycles. The molecule has 162 valence electrons. The Morgan fingerprint density at radius 3 is 2.64 bits per heavy atom. The zero-order valence-corrected chi connectivity index (χ0v) is 17.6. The van der Waals surface area contributed by atoms with Crippen molar-refractivity contribution < 1.29 is 8.78 Å². The van der Waals surface area contributed by atoms with E-state index in [0.29, 0.717) is 28.5 Å². The van der Waals surface area contributed by atoms with Crippen molar-refractivity contribution in [1.82, 2.24) is 24.5 Å². The lowest BCUT2D eigenvalue weighted by atomic mass is 10.1. The van der Waals surface area contributed by atoms with Gasteiger partial charge in [-0.15, -0.1) is 0 Å². The third-order valence-electron chi connectivity index (χ3n) is 5.70. The number of rotatable bonds is 3. The van der Waals surface area contributed by atoms with E-state index < -0.39 is 5.82 Å². The second-order valence-corrected chi connectivity index (χ2v) is 8.16. The Labute approximate surface area is 189 Å². The van der Waals surface area contributed by atoms with E-state index in [1.54, 1.807) is 41.3 Å². The molecule has 0 atom stereocenters. The molecule has 0 unspecified atom stereocenters. The highest BCUT2D eigenvalue weighted by molar-refractivity contribution is 6.31. The number of aromatic nitrogens is 5. The topological polar surface area (TPSA) is 68.5 Å². The van der Waals surface area contributed by atoms with Crippen LogP contribution < -0.4 is 5.56 Å². The molecule has 0 aliphatic heterocycles. The van der Waals surface area contributed by atoms with Crippen LogP contribution in [0.3, 0.4) is 0 Å². The number of pyridine rings is 1. The van der Waals surface area contributed by atoms with Crippen molar-refractivity contribution in [2.45, 2.75) is 6.54 Å². The van der Waals surface area contributed by atoms with Crippen molar-refractivity contribution in [3.05, 3.63) is 99.6 Å². The fourth-order valence-corrected chi connectivity index (χ4v) is 4.33. The highest BCUT2D eigenvalue weighted by atomic mass is 35.5. The maximum Gasteiger partial charge on any atom is 0.284 e. The summed E-state index contributed by atoms with van der Waals surface area (Å²) in [5.41, 5.74) is 2.41. The maximum absolute atomic E-state index is 14.5. The van der Waals surface area contributed by atoms with Crippen molar-refractivity contribution in [3.8, 4) is 5.69 Å². The van der Waals surface area contributed by atoms with Crippen LogP contribution in [0.1, 0.15) is 5.56 Å². The quantitative estimate of drug-likeness (QED) is 0.394. The van der Waals surface area contributed by atoms with Crippen molar-refractivity contribution in [1.29, 1.82) is 0 Å². The van der Waals surface area contributed by atoms with E-state index in [9.17, 15) is 13.6 Å². The molecule has 1 N–H and O–H groups in total. The largest absolute Gasteiger partial charge is 0.284 e. The third kappa shape index (κ3) is 3.10. The van der Waals surface area contributed by atoms with E-state index in [4.69, 9.17) is 11.6 Å². The predicted octanol–water partition coefficient (Wildman–Crippen LogP) is 5.20. The molecule has 0 fully saturated rings. The standard InChI is InChI=1S/C24H14ClF2N5O/c25-18-9-22-15(8-19(18)27)17-12-31(11-13-4-6-14(26)7-5-13)30-23(17)24(33)32(22)21-3-1-2-20-16(21)10-28-29-20/h1-10,12H,11H2,(H,28,29). The average Bonchev–Trinajstić information content (AvgIpc) is 3.45. The first-order valence-electron chi connectivity index (χ1n) is 10.1. The van der Waals surface area contributed by atoms with Gasteiger partial charge in [-0.3, -0.25) is 19.1 Å². The van der Waals surface area contributed by atoms with E-state index in [2.05, 4.69) is 15.3 Å². The van der Waals surface area contributed by atoms with Crippen LogP contribution in [0.5, 0.6) is 0 Å². The number of aromatic amines is 1. The Balaban J connectivity index is 1.67. The molecule has 3 aromatic heterocycles. The molecular formula is C24H14ClF2N5O. The van der Waals surface area contributed by atoms with Gasteiger partial charge in [0.2, 0.25) is 0 Å². The van der Waals surface area contributed by atoms with Crippen LogP contribution in [0.25, 0.3) is 38.4 Å². The van der Waals surface area contributed by atoms with E-state index >= 15 is 0 Å². The minimum absolute atomic E-state index is 0.0897. The predicted molar refractivity (Wildman–Crippen MR) is 123 cm³/mol. The Bertz CT molecular complexity index is 1750. The molecule has 6 nitrogen and oxygen atoms in total. The van der Waals surface area contributed by atoms with Crippen molar-refractivity contribution in [3.63, 3.8) is 0 Å². The highest BCUT2D eigenvalue weighted by Gasteiger charge is 2.19. The minimum Gasteiger partial charge on any atom is -0.278 e. The second kappa shape index (κ2) is 7.25. The van der Waals surface area contributed by atoms with Crippen LogP contribution in [0.2, 0.25) is 5.02 Å². The molecule has 0 saturated heterocycles. The Morgan fingerprint density at radius 1 is 1.00 bits per heavy atom. The fraction of sp³-hybridized carbons (Fsp3) is 0.0417. The zero-order chi connectivity index (χ0) is 22.7. The first kappa shape index (κ1) is 19.6. The van der Waals surface area contributed by atoms with Gasteiger partial charge in [0.15, 0.2) is 5.52 Å². The summed E-state index contributed by atoms with van der Waals surface area (Å²) in [5.74, 6) is -0.928. The smallest absolute Gasteiger partial charge is 0.278 e. The summed E-state index contributed by atoms with van der Waals surface area (Å²) in [4.78, 5) is 13.7. The molecule has 0 radical (unpaired) electrons. The summed E-state index contributed by atoms with van der Waals surface area (Å²) < 4.78 is 30.8. The number of hydrogen-bond donors (Lipinski definition) is 1. The molecule has 3 heterocycles. The van der Waals surface area contributed by atoms with Crippen LogP contribution in [0.15, 0.2) is 71.8 Å². The van der Waals surface area contributed by atoms with Gasteiger partial charge in [0.25, 0.3) is 5.56 Å². The van der Waals surface area contributed by atoms with Gasteiger partial charge in [-0.25, -0.2) is 8.78 Å². The van der Waals surface area contributed by atoms with Gasteiger partial charge in [-0.05, 0) is 42.0 Å². The van der Waals surface area contributed by atoms with Gasteiger partial charge < -0.3 is 0 Å². The normalized spacial score (nSPS) is 11.7. The summed E-state index contributed by atoms with van der Waals surface area (Å²) in [7, 11) is 0. The first-order chi connectivity index (χ1) is 16.0. The summed E-state index contributed by atoms with van der Waals surface area (Å²) in [6, 6.07) is 14.2. The molecule has 9 heteroatoms. The lowest BCUT2D eigenvalue weighted by Crippen LogP contribution is -2.20.